The summed E-state index contributed by atoms with van der Waals surface area (Å²) in [6.07, 6.45) is 2.26. The Balaban J connectivity index is 1.33. The van der Waals surface area contributed by atoms with Crippen molar-refractivity contribution >= 4 is 17.5 Å². The van der Waals surface area contributed by atoms with Gasteiger partial charge in [-0.1, -0.05) is 25.1 Å². The molecule has 2 amide bonds. The minimum absolute atomic E-state index is 0.159. The minimum Gasteiger partial charge on any atom is -0.368 e. The SMILES string of the molecule is C[C@@H]1C[C@H]1C(=O)NCCCC(=O)N1CCN(c2ccccc2)CC1. The van der Waals surface area contributed by atoms with Crippen LogP contribution in [0.5, 0.6) is 0 Å². The van der Waals surface area contributed by atoms with Gasteiger partial charge in [0.25, 0.3) is 0 Å². The van der Waals surface area contributed by atoms with E-state index in [4.69, 9.17) is 0 Å². The first kappa shape index (κ1) is 16.8. The van der Waals surface area contributed by atoms with Crippen molar-refractivity contribution in [3.05, 3.63) is 30.3 Å². The maximum atomic E-state index is 12.3. The number of hydrogen-bond donors (Lipinski definition) is 1. The Morgan fingerprint density at radius 1 is 1.12 bits per heavy atom. The molecule has 3 rings (SSSR count). The molecule has 1 aromatic carbocycles. The molecule has 1 aliphatic heterocycles. The van der Waals surface area contributed by atoms with Gasteiger partial charge >= 0.3 is 0 Å². The van der Waals surface area contributed by atoms with Gasteiger partial charge in [0.2, 0.25) is 11.8 Å². The van der Waals surface area contributed by atoms with Gasteiger partial charge in [-0.3, -0.25) is 9.59 Å². The molecule has 0 aromatic heterocycles. The summed E-state index contributed by atoms with van der Waals surface area (Å²) in [5.74, 6) is 1.11. The largest absolute Gasteiger partial charge is 0.368 e. The molecule has 1 aromatic rings. The number of rotatable bonds is 6. The summed E-state index contributed by atoms with van der Waals surface area (Å²) in [4.78, 5) is 28.3. The summed E-state index contributed by atoms with van der Waals surface area (Å²) in [6, 6.07) is 10.3. The van der Waals surface area contributed by atoms with Crippen LogP contribution in [0.3, 0.4) is 0 Å². The van der Waals surface area contributed by atoms with Gasteiger partial charge in [-0.25, -0.2) is 0 Å². The fourth-order valence-electron chi connectivity index (χ4n) is 3.28. The van der Waals surface area contributed by atoms with Gasteiger partial charge in [-0.15, -0.1) is 0 Å². The minimum atomic E-state index is 0.159. The van der Waals surface area contributed by atoms with E-state index in [0.717, 1.165) is 39.0 Å². The molecule has 5 nitrogen and oxygen atoms in total. The van der Waals surface area contributed by atoms with Crippen LogP contribution in [0, 0.1) is 11.8 Å². The van der Waals surface area contributed by atoms with Crippen LogP contribution in [0.4, 0.5) is 5.69 Å². The number of hydrogen-bond acceptors (Lipinski definition) is 3. The predicted octanol–water partition coefficient (Wildman–Crippen LogP) is 1.89. The van der Waals surface area contributed by atoms with E-state index in [1.165, 1.54) is 5.69 Å². The number of amides is 2. The molecular formula is C19H27N3O2. The quantitative estimate of drug-likeness (QED) is 0.811. The van der Waals surface area contributed by atoms with Crippen molar-refractivity contribution in [2.24, 2.45) is 11.8 Å². The number of benzene rings is 1. The lowest BCUT2D eigenvalue weighted by Gasteiger charge is -2.36. The maximum Gasteiger partial charge on any atom is 0.223 e. The number of piperazine rings is 1. The van der Waals surface area contributed by atoms with E-state index >= 15 is 0 Å². The normalized spacial score (nSPS) is 23.0. The van der Waals surface area contributed by atoms with Crippen molar-refractivity contribution in [2.75, 3.05) is 37.6 Å². The average molecular weight is 329 g/mol. The second-order valence-corrected chi connectivity index (χ2v) is 6.92. The van der Waals surface area contributed by atoms with Crippen LogP contribution >= 0.6 is 0 Å². The highest BCUT2D eigenvalue weighted by atomic mass is 16.2. The van der Waals surface area contributed by atoms with Crippen LogP contribution in [-0.2, 0) is 9.59 Å². The lowest BCUT2D eigenvalue weighted by atomic mass is 10.2. The molecule has 2 atom stereocenters. The van der Waals surface area contributed by atoms with Crippen LogP contribution < -0.4 is 10.2 Å². The first-order chi connectivity index (χ1) is 11.6. The van der Waals surface area contributed by atoms with Gasteiger partial charge < -0.3 is 15.1 Å². The lowest BCUT2D eigenvalue weighted by Crippen LogP contribution is -2.48. The van der Waals surface area contributed by atoms with Crippen LogP contribution in [-0.4, -0.2) is 49.4 Å². The Labute approximate surface area is 144 Å². The molecule has 2 aliphatic rings. The summed E-state index contributed by atoms with van der Waals surface area (Å²) in [6.45, 7) is 6.03. The molecule has 0 spiro atoms. The number of nitrogens with zero attached hydrogens (tertiary/aromatic N) is 2. The van der Waals surface area contributed by atoms with Gasteiger partial charge in [0.05, 0.1) is 0 Å². The Morgan fingerprint density at radius 2 is 1.79 bits per heavy atom. The second kappa shape index (κ2) is 7.69. The van der Waals surface area contributed by atoms with E-state index in [1.54, 1.807) is 0 Å². The van der Waals surface area contributed by atoms with E-state index < -0.39 is 0 Å². The first-order valence-corrected chi connectivity index (χ1v) is 9.00. The smallest absolute Gasteiger partial charge is 0.223 e. The molecule has 0 unspecified atom stereocenters. The van der Waals surface area contributed by atoms with E-state index in [0.29, 0.717) is 18.9 Å². The summed E-state index contributed by atoms with van der Waals surface area (Å²) < 4.78 is 0. The van der Waals surface area contributed by atoms with Crippen molar-refractivity contribution in [2.45, 2.75) is 26.2 Å². The molecule has 1 heterocycles. The molecule has 1 aliphatic carbocycles. The molecule has 1 saturated heterocycles. The number of nitrogens with one attached hydrogen (secondary N) is 1. The van der Waals surface area contributed by atoms with Gasteiger partial charge in [0, 0.05) is 50.7 Å². The molecule has 5 heteroatoms. The van der Waals surface area contributed by atoms with Crippen molar-refractivity contribution in [3.63, 3.8) is 0 Å². The molecule has 0 bridgehead atoms. The zero-order chi connectivity index (χ0) is 16.9. The highest BCUT2D eigenvalue weighted by molar-refractivity contribution is 5.81. The zero-order valence-electron chi connectivity index (χ0n) is 14.4. The lowest BCUT2D eigenvalue weighted by molar-refractivity contribution is -0.131. The summed E-state index contributed by atoms with van der Waals surface area (Å²) >= 11 is 0. The fraction of sp³-hybridized carbons (Fsp3) is 0.579. The van der Waals surface area contributed by atoms with Gasteiger partial charge in [0.15, 0.2) is 0 Å². The molecule has 1 N–H and O–H groups in total. The molecule has 1 saturated carbocycles. The highest BCUT2D eigenvalue weighted by Gasteiger charge is 2.38. The number of para-hydroxylation sites is 1. The summed E-state index contributed by atoms with van der Waals surface area (Å²) in [7, 11) is 0. The Bertz CT molecular complexity index is 567. The van der Waals surface area contributed by atoms with Crippen molar-refractivity contribution in [1.82, 2.24) is 10.2 Å². The average Bonchev–Trinajstić information content (AvgIpc) is 3.36. The molecule has 24 heavy (non-hydrogen) atoms. The van der Waals surface area contributed by atoms with Crippen LogP contribution in [0.2, 0.25) is 0 Å². The van der Waals surface area contributed by atoms with E-state index in [2.05, 4.69) is 29.3 Å². The van der Waals surface area contributed by atoms with Gasteiger partial charge in [-0.2, -0.15) is 0 Å². The third kappa shape index (κ3) is 4.28. The summed E-state index contributed by atoms with van der Waals surface area (Å²) in [5.41, 5.74) is 1.22. The Kier molecular flexibility index (Phi) is 5.38. The van der Waals surface area contributed by atoms with Crippen molar-refractivity contribution in [1.29, 1.82) is 0 Å². The summed E-state index contributed by atoms with van der Waals surface area (Å²) in [5, 5.41) is 2.94. The van der Waals surface area contributed by atoms with Crippen LogP contribution in [0.1, 0.15) is 26.2 Å². The Morgan fingerprint density at radius 3 is 2.42 bits per heavy atom. The predicted molar refractivity (Wildman–Crippen MR) is 94.7 cm³/mol. The van der Waals surface area contributed by atoms with E-state index in [1.807, 2.05) is 23.1 Å². The van der Waals surface area contributed by atoms with Crippen molar-refractivity contribution in [3.8, 4) is 0 Å². The third-order valence-electron chi connectivity index (χ3n) is 5.07. The Hall–Kier alpha value is -2.04. The number of anilines is 1. The maximum absolute atomic E-state index is 12.3. The molecule has 0 radical (unpaired) electrons. The van der Waals surface area contributed by atoms with Crippen molar-refractivity contribution < 1.29 is 9.59 Å². The highest BCUT2D eigenvalue weighted by Crippen LogP contribution is 2.37. The van der Waals surface area contributed by atoms with E-state index in [-0.39, 0.29) is 17.7 Å². The van der Waals surface area contributed by atoms with Crippen LogP contribution in [0.25, 0.3) is 0 Å². The van der Waals surface area contributed by atoms with E-state index in [9.17, 15) is 9.59 Å². The standard InChI is InChI=1S/C19H27N3O2/c1-15-14-17(15)19(24)20-9-5-8-18(23)22-12-10-21(11-13-22)16-6-3-2-4-7-16/h2-4,6-7,15,17H,5,8-14H2,1H3,(H,20,24)/t15-,17-/m1/s1. The topological polar surface area (TPSA) is 52.7 Å². The fourth-order valence-corrected chi connectivity index (χ4v) is 3.28. The molecule has 2 fully saturated rings. The zero-order valence-corrected chi connectivity index (χ0v) is 14.4. The number of carbonyl (C=O) groups is 2. The molecule has 130 valence electrons. The first-order valence-electron chi connectivity index (χ1n) is 9.00. The monoisotopic (exact) mass is 329 g/mol. The number of carbonyl (C=O) groups excluding carboxylic acids is 2. The van der Waals surface area contributed by atoms with Gasteiger partial charge in [-0.05, 0) is 30.9 Å². The van der Waals surface area contributed by atoms with Crippen LogP contribution in [0.15, 0.2) is 30.3 Å². The van der Waals surface area contributed by atoms with Gasteiger partial charge in [0.1, 0.15) is 0 Å². The molecular weight excluding hydrogens is 302 g/mol. The second-order valence-electron chi connectivity index (χ2n) is 6.92. The third-order valence-corrected chi connectivity index (χ3v) is 5.07.